The van der Waals surface area contributed by atoms with Gasteiger partial charge >= 0.3 is 0 Å². The van der Waals surface area contributed by atoms with E-state index >= 15 is 0 Å². The first-order valence-corrected chi connectivity index (χ1v) is 12.7. The molecule has 9 heteroatoms. The first-order chi connectivity index (χ1) is 15.2. The number of nitrogens with zero attached hydrogens (tertiary/aromatic N) is 1. The van der Waals surface area contributed by atoms with Crippen molar-refractivity contribution in [2.24, 2.45) is 0 Å². The van der Waals surface area contributed by atoms with Crippen molar-refractivity contribution in [2.45, 2.75) is 24.4 Å². The van der Waals surface area contributed by atoms with Crippen LogP contribution in [0.1, 0.15) is 24.1 Å². The highest BCUT2D eigenvalue weighted by Gasteiger charge is 2.29. The lowest BCUT2D eigenvalue weighted by Gasteiger charge is -2.24. The Hall–Kier alpha value is -1.90. The van der Waals surface area contributed by atoms with Crippen molar-refractivity contribution >= 4 is 55.1 Å². The fraction of sp³-hybridized carbons (Fsp3) is 0.174. The molecule has 168 valence electrons. The van der Waals surface area contributed by atoms with E-state index in [9.17, 15) is 13.2 Å². The van der Waals surface area contributed by atoms with Crippen molar-refractivity contribution in [3.63, 3.8) is 0 Å². The minimum absolute atomic E-state index is 0.00605. The van der Waals surface area contributed by atoms with Crippen LogP contribution >= 0.6 is 39.1 Å². The summed E-state index contributed by atoms with van der Waals surface area (Å²) in [6, 6.07) is 20.5. The van der Waals surface area contributed by atoms with Crippen LogP contribution in [-0.4, -0.2) is 25.2 Å². The van der Waals surface area contributed by atoms with Gasteiger partial charge in [-0.05, 0) is 48.4 Å². The molecule has 0 aliphatic rings. The highest BCUT2D eigenvalue weighted by atomic mass is 79.9. The normalized spacial score (nSPS) is 12.5. The average molecular weight is 556 g/mol. The van der Waals surface area contributed by atoms with Gasteiger partial charge in [-0.25, -0.2) is 8.42 Å². The molecule has 0 fully saturated rings. The number of hydrogen-bond acceptors (Lipinski definition) is 3. The number of rotatable bonds is 8. The summed E-state index contributed by atoms with van der Waals surface area (Å²) >= 11 is 15.6. The molecule has 0 aromatic heterocycles. The molecule has 3 rings (SSSR count). The van der Waals surface area contributed by atoms with Crippen molar-refractivity contribution in [1.29, 1.82) is 0 Å². The number of amides is 1. The van der Waals surface area contributed by atoms with Crippen LogP contribution in [0.3, 0.4) is 0 Å². The molecule has 0 heterocycles. The van der Waals surface area contributed by atoms with Crippen molar-refractivity contribution in [2.75, 3.05) is 6.54 Å². The molecule has 0 unspecified atom stereocenters. The number of carbonyl (C=O) groups excluding carboxylic acids is 1. The molecule has 0 radical (unpaired) electrons. The lowest BCUT2D eigenvalue weighted by atomic mass is 10.1. The molecule has 1 atom stereocenters. The molecule has 0 aliphatic heterocycles. The maximum Gasteiger partial charge on any atom is 0.245 e. The van der Waals surface area contributed by atoms with Crippen LogP contribution in [0.15, 0.2) is 82.2 Å². The van der Waals surface area contributed by atoms with E-state index in [4.69, 9.17) is 23.2 Å². The van der Waals surface area contributed by atoms with Crippen molar-refractivity contribution in [1.82, 2.24) is 9.62 Å². The molecule has 0 spiro atoms. The molecular formula is C23H21BrCl2N2O3S. The number of sulfonamides is 1. The third kappa shape index (κ3) is 6.33. The van der Waals surface area contributed by atoms with Gasteiger partial charge in [0.15, 0.2) is 0 Å². The van der Waals surface area contributed by atoms with Crippen LogP contribution in [0.25, 0.3) is 0 Å². The first kappa shape index (κ1) is 24.7. The molecular weight excluding hydrogens is 535 g/mol. The third-order valence-electron chi connectivity index (χ3n) is 4.78. The molecule has 32 heavy (non-hydrogen) atoms. The molecule has 0 aliphatic carbocycles. The minimum atomic E-state index is -4.10. The second kappa shape index (κ2) is 10.8. The summed E-state index contributed by atoms with van der Waals surface area (Å²) in [6.45, 7) is 1.47. The predicted molar refractivity (Wildman–Crippen MR) is 131 cm³/mol. The summed E-state index contributed by atoms with van der Waals surface area (Å²) in [4.78, 5) is 12.7. The molecule has 3 aromatic carbocycles. The Morgan fingerprint density at radius 2 is 1.69 bits per heavy atom. The van der Waals surface area contributed by atoms with E-state index in [1.54, 1.807) is 12.1 Å². The summed E-state index contributed by atoms with van der Waals surface area (Å²) in [7, 11) is -4.10. The van der Waals surface area contributed by atoms with Gasteiger partial charge in [-0.15, -0.1) is 0 Å². The molecule has 0 saturated heterocycles. The molecule has 1 N–H and O–H groups in total. The zero-order valence-corrected chi connectivity index (χ0v) is 21.0. The zero-order chi connectivity index (χ0) is 23.3. The number of nitrogens with one attached hydrogen (secondary N) is 1. The Morgan fingerprint density at radius 3 is 2.34 bits per heavy atom. The third-order valence-corrected chi connectivity index (χ3v) is 7.82. The Bertz CT molecular complexity index is 1190. The van der Waals surface area contributed by atoms with Crippen LogP contribution < -0.4 is 5.32 Å². The predicted octanol–water partition coefficient (Wildman–Crippen LogP) is 5.82. The Kier molecular flexibility index (Phi) is 8.36. The first-order valence-electron chi connectivity index (χ1n) is 9.71. The molecule has 0 bridgehead atoms. The van der Waals surface area contributed by atoms with Gasteiger partial charge in [0, 0.05) is 16.0 Å². The Labute approximate surface area is 206 Å². The van der Waals surface area contributed by atoms with Gasteiger partial charge in [0.25, 0.3) is 0 Å². The van der Waals surface area contributed by atoms with Gasteiger partial charge in [0.05, 0.1) is 17.6 Å². The monoisotopic (exact) mass is 554 g/mol. The second-order valence-corrected chi connectivity index (χ2v) is 10.8. The Balaban J connectivity index is 1.86. The highest BCUT2D eigenvalue weighted by molar-refractivity contribution is 9.10. The second-order valence-electron chi connectivity index (χ2n) is 7.17. The molecule has 5 nitrogen and oxygen atoms in total. The standard InChI is InChI=1S/C23H21BrCl2N2O3S/c1-16(18-7-9-19(24)10-8-18)27-23(29)15-28(14-17-5-3-2-4-6-17)32(30,31)22-13-20(25)11-12-21(22)26/h2-13,16H,14-15H2,1H3,(H,27,29)/t16-/m0/s1. The number of carbonyl (C=O) groups is 1. The van der Waals surface area contributed by atoms with E-state index < -0.39 is 15.9 Å². The van der Waals surface area contributed by atoms with Gasteiger partial charge in [0.1, 0.15) is 4.90 Å². The number of halogens is 3. The van der Waals surface area contributed by atoms with E-state index in [1.807, 2.05) is 49.4 Å². The number of benzene rings is 3. The summed E-state index contributed by atoms with van der Waals surface area (Å²) in [5.41, 5.74) is 1.64. The van der Waals surface area contributed by atoms with Gasteiger partial charge in [0.2, 0.25) is 15.9 Å². The maximum absolute atomic E-state index is 13.4. The van der Waals surface area contributed by atoms with Crippen molar-refractivity contribution in [3.8, 4) is 0 Å². The van der Waals surface area contributed by atoms with Crippen LogP contribution in [-0.2, 0) is 21.4 Å². The van der Waals surface area contributed by atoms with Crippen LogP contribution in [0.5, 0.6) is 0 Å². The maximum atomic E-state index is 13.4. The van der Waals surface area contributed by atoms with Gasteiger partial charge in [-0.2, -0.15) is 4.31 Å². The lowest BCUT2D eigenvalue weighted by Crippen LogP contribution is -2.41. The smallest absolute Gasteiger partial charge is 0.245 e. The summed E-state index contributed by atoms with van der Waals surface area (Å²) < 4.78 is 28.9. The van der Waals surface area contributed by atoms with Crippen LogP contribution in [0.4, 0.5) is 0 Å². The summed E-state index contributed by atoms with van der Waals surface area (Å²) in [5, 5.41) is 3.14. The van der Waals surface area contributed by atoms with Crippen molar-refractivity contribution in [3.05, 3.63) is 98.4 Å². The lowest BCUT2D eigenvalue weighted by molar-refractivity contribution is -0.122. The largest absolute Gasteiger partial charge is 0.348 e. The molecule has 0 saturated carbocycles. The van der Waals surface area contributed by atoms with Crippen LogP contribution in [0, 0.1) is 0 Å². The Morgan fingerprint density at radius 1 is 1.03 bits per heavy atom. The average Bonchev–Trinajstić information content (AvgIpc) is 2.76. The van der Waals surface area contributed by atoms with E-state index in [1.165, 1.54) is 18.2 Å². The number of hydrogen-bond donors (Lipinski definition) is 1. The van der Waals surface area contributed by atoms with E-state index in [0.29, 0.717) is 0 Å². The van der Waals surface area contributed by atoms with Gasteiger partial charge in [-0.3, -0.25) is 4.79 Å². The topological polar surface area (TPSA) is 66.5 Å². The van der Waals surface area contributed by atoms with E-state index in [0.717, 1.165) is 19.9 Å². The fourth-order valence-electron chi connectivity index (χ4n) is 3.11. The van der Waals surface area contributed by atoms with E-state index in [2.05, 4.69) is 21.2 Å². The minimum Gasteiger partial charge on any atom is -0.348 e. The SMILES string of the molecule is C[C@H](NC(=O)CN(Cc1ccccc1)S(=O)(=O)c1cc(Cl)ccc1Cl)c1ccc(Br)cc1. The molecule has 3 aromatic rings. The fourth-order valence-corrected chi connectivity index (χ4v) is 5.49. The van der Waals surface area contributed by atoms with Crippen LogP contribution in [0.2, 0.25) is 10.0 Å². The van der Waals surface area contributed by atoms with Crippen molar-refractivity contribution < 1.29 is 13.2 Å². The highest BCUT2D eigenvalue weighted by Crippen LogP contribution is 2.28. The molecule has 1 amide bonds. The van der Waals surface area contributed by atoms with E-state index in [-0.39, 0.29) is 34.1 Å². The van der Waals surface area contributed by atoms with Gasteiger partial charge in [-0.1, -0.05) is 81.6 Å². The van der Waals surface area contributed by atoms with Gasteiger partial charge < -0.3 is 5.32 Å². The summed E-state index contributed by atoms with van der Waals surface area (Å²) in [6.07, 6.45) is 0. The zero-order valence-electron chi connectivity index (χ0n) is 17.1. The quantitative estimate of drug-likeness (QED) is 0.380. The summed E-state index contributed by atoms with van der Waals surface area (Å²) in [5.74, 6) is -0.432.